The Morgan fingerprint density at radius 2 is 2.15 bits per heavy atom. The van der Waals surface area contributed by atoms with Crippen LogP contribution in [-0.4, -0.2) is 32.6 Å². The Morgan fingerprint density at radius 1 is 1.35 bits per heavy atom. The van der Waals surface area contributed by atoms with Gasteiger partial charge in [-0.15, -0.1) is 11.8 Å². The number of nitrogens with two attached hydrogens (primary N) is 1. The minimum Gasteiger partial charge on any atom is -0.337 e. The van der Waals surface area contributed by atoms with E-state index >= 15 is 0 Å². The van der Waals surface area contributed by atoms with Gasteiger partial charge in [0, 0.05) is 12.1 Å². The van der Waals surface area contributed by atoms with Crippen LogP contribution in [0, 0.1) is 0 Å². The molecule has 1 saturated heterocycles. The summed E-state index contributed by atoms with van der Waals surface area (Å²) in [6, 6.07) is 7.69. The van der Waals surface area contributed by atoms with E-state index in [2.05, 4.69) is 10.1 Å². The highest BCUT2D eigenvalue weighted by Gasteiger charge is 2.23. The third kappa shape index (κ3) is 2.68. The van der Waals surface area contributed by atoms with E-state index in [0.717, 1.165) is 11.1 Å². The number of benzene rings is 1. The van der Waals surface area contributed by atoms with Crippen LogP contribution in [0.3, 0.4) is 0 Å². The predicted molar refractivity (Wildman–Crippen MR) is 75.5 cm³/mol. The van der Waals surface area contributed by atoms with E-state index in [0.29, 0.717) is 36.4 Å². The number of rotatable bonds is 4. The lowest BCUT2D eigenvalue weighted by molar-refractivity contribution is -0.127. The zero-order valence-corrected chi connectivity index (χ0v) is 11.6. The predicted octanol–water partition coefficient (Wildman–Crippen LogP) is 1.23. The fraction of sp³-hybridized carbons (Fsp3) is 0.308. The Bertz CT molecular complexity index is 611. The summed E-state index contributed by atoms with van der Waals surface area (Å²) in [7, 11) is 0. The first-order valence-electron chi connectivity index (χ1n) is 6.24. The van der Waals surface area contributed by atoms with Crippen LogP contribution >= 0.6 is 11.8 Å². The molecule has 20 heavy (non-hydrogen) atoms. The van der Waals surface area contributed by atoms with Crippen molar-refractivity contribution in [1.29, 1.82) is 0 Å². The summed E-state index contributed by atoms with van der Waals surface area (Å²) in [5.74, 6) is 2.31. The monoisotopic (exact) mass is 290 g/mol. The molecule has 0 saturated carbocycles. The Hall–Kier alpha value is -1.86. The van der Waals surface area contributed by atoms with Crippen molar-refractivity contribution in [2.75, 3.05) is 11.6 Å². The molecule has 0 spiro atoms. The zero-order valence-electron chi connectivity index (χ0n) is 10.8. The Morgan fingerprint density at radius 3 is 2.80 bits per heavy atom. The van der Waals surface area contributed by atoms with Crippen LogP contribution in [0.2, 0.25) is 0 Å². The number of amides is 1. The minimum absolute atomic E-state index is 0.113. The van der Waals surface area contributed by atoms with Crippen molar-refractivity contribution in [3.63, 3.8) is 0 Å². The molecule has 2 aromatic rings. The molecule has 7 heteroatoms. The first-order valence-corrected chi connectivity index (χ1v) is 7.39. The fourth-order valence-corrected chi connectivity index (χ4v) is 2.83. The molecule has 0 atom stereocenters. The summed E-state index contributed by atoms with van der Waals surface area (Å²) in [5.41, 5.74) is 7.49. The topological polar surface area (TPSA) is 85.2 Å². The lowest BCUT2D eigenvalue weighted by atomic mass is 10.1. The van der Waals surface area contributed by atoms with Gasteiger partial charge in [-0.2, -0.15) is 4.98 Å². The number of hydrogen-bond donors (Lipinski definition) is 1. The van der Waals surface area contributed by atoms with Gasteiger partial charge in [0.25, 0.3) is 0 Å². The molecule has 1 aromatic carbocycles. The van der Waals surface area contributed by atoms with Crippen molar-refractivity contribution in [1.82, 2.24) is 15.0 Å². The van der Waals surface area contributed by atoms with Crippen molar-refractivity contribution >= 4 is 17.7 Å². The smallest absolute Gasteiger partial charge is 0.246 e. The minimum atomic E-state index is 0.113. The molecule has 1 fully saturated rings. The van der Waals surface area contributed by atoms with Crippen LogP contribution in [0.25, 0.3) is 11.4 Å². The third-order valence-electron chi connectivity index (χ3n) is 3.07. The molecule has 0 radical (unpaired) electrons. The van der Waals surface area contributed by atoms with E-state index in [1.807, 2.05) is 24.3 Å². The van der Waals surface area contributed by atoms with Gasteiger partial charge in [0.15, 0.2) is 0 Å². The van der Waals surface area contributed by atoms with E-state index in [1.54, 1.807) is 16.7 Å². The van der Waals surface area contributed by atoms with Gasteiger partial charge in [0.1, 0.15) is 6.54 Å². The van der Waals surface area contributed by atoms with Crippen LogP contribution in [0.15, 0.2) is 28.8 Å². The van der Waals surface area contributed by atoms with E-state index < -0.39 is 0 Å². The summed E-state index contributed by atoms with van der Waals surface area (Å²) < 4.78 is 5.20. The Kier molecular flexibility index (Phi) is 3.70. The maximum atomic E-state index is 11.5. The standard InChI is InChI=1S/C13H14N4O2S/c14-5-9-1-3-10(4-2-9)13-15-11(19-16-13)6-17-8-20-7-12(17)18/h1-4H,5-8,14H2. The molecule has 3 rings (SSSR count). The van der Waals surface area contributed by atoms with Crippen LogP contribution in [0.5, 0.6) is 0 Å². The lowest BCUT2D eigenvalue weighted by Gasteiger charge is -2.10. The lowest BCUT2D eigenvalue weighted by Crippen LogP contribution is -2.25. The highest BCUT2D eigenvalue weighted by Crippen LogP contribution is 2.20. The van der Waals surface area contributed by atoms with Crippen LogP contribution < -0.4 is 5.73 Å². The third-order valence-corrected chi connectivity index (χ3v) is 4.01. The quantitative estimate of drug-likeness (QED) is 0.911. The van der Waals surface area contributed by atoms with Crippen LogP contribution in [0.4, 0.5) is 0 Å². The van der Waals surface area contributed by atoms with E-state index in [1.165, 1.54) is 0 Å². The highest BCUT2D eigenvalue weighted by atomic mass is 32.2. The number of hydrogen-bond acceptors (Lipinski definition) is 6. The molecule has 0 bridgehead atoms. The van der Waals surface area contributed by atoms with Crippen LogP contribution in [0.1, 0.15) is 11.5 Å². The summed E-state index contributed by atoms with van der Waals surface area (Å²) in [6.45, 7) is 0.881. The van der Waals surface area contributed by atoms with Gasteiger partial charge >= 0.3 is 0 Å². The summed E-state index contributed by atoms with van der Waals surface area (Å²) in [6.07, 6.45) is 0. The molecule has 2 heterocycles. The highest BCUT2D eigenvalue weighted by molar-refractivity contribution is 8.00. The summed E-state index contributed by atoms with van der Waals surface area (Å²) in [5, 5.41) is 3.95. The number of nitrogens with zero attached hydrogens (tertiary/aromatic N) is 3. The average molecular weight is 290 g/mol. The molecule has 1 aliphatic rings. The number of aromatic nitrogens is 2. The molecule has 2 N–H and O–H groups in total. The van der Waals surface area contributed by atoms with Crippen molar-refractivity contribution in [3.05, 3.63) is 35.7 Å². The second kappa shape index (κ2) is 5.64. The molecule has 1 aromatic heterocycles. The zero-order chi connectivity index (χ0) is 13.9. The van der Waals surface area contributed by atoms with Gasteiger partial charge < -0.3 is 15.2 Å². The second-order valence-corrected chi connectivity index (χ2v) is 5.44. The molecule has 104 valence electrons. The molecule has 6 nitrogen and oxygen atoms in total. The van der Waals surface area contributed by atoms with Gasteiger partial charge in [-0.25, -0.2) is 0 Å². The molecule has 1 aliphatic heterocycles. The number of carbonyl (C=O) groups is 1. The van der Waals surface area contributed by atoms with Crippen molar-refractivity contribution in [2.45, 2.75) is 13.1 Å². The average Bonchev–Trinajstić information content (AvgIpc) is 3.10. The SMILES string of the molecule is NCc1ccc(-c2noc(CN3CSCC3=O)n2)cc1. The first kappa shape index (κ1) is 13.1. The van der Waals surface area contributed by atoms with E-state index in [-0.39, 0.29) is 5.91 Å². The first-order chi connectivity index (χ1) is 9.76. The second-order valence-electron chi connectivity index (χ2n) is 4.48. The molecular formula is C13H14N4O2S. The molecule has 0 unspecified atom stereocenters. The summed E-state index contributed by atoms with van der Waals surface area (Å²) in [4.78, 5) is 17.6. The van der Waals surface area contributed by atoms with Crippen molar-refractivity contribution in [3.8, 4) is 11.4 Å². The van der Waals surface area contributed by atoms with Gasteiger partial charge in [-0.1, -0.05) is 29.4 Å². The van der Waals surface area contributed by atoms with Gasteiger partial charge in [-0.05, 0) is 5.56 Å². The molecule has 1 amide bonds. The van der Waals surface area contributed by atoms with Crippen LogP contribution in [-0.2, 0) is 17.9 Å². The Balaban J connectivity index is 1.73. The Labute approximate surface area is 120 Å². The maximum absolute atomic E-state index is 11.5. The fourth-order valence-electron chi connectivity index (χ4n) is 1.93. The maximum Gasteiger partial charge on any atom is 0.246 e. The van der Waals surface area contributed by atoms with Gasteiger partial charge in [0.2, 0.25) is 17.6 Å². The van der Waals surface area contributed by atoms with Gasteiger partial charge in [0.05, 0.1) is 11.6 Å². The van der Waals surface area contributed by atoms with Gasteiger partial charge in [-0.3, -0.25) is 4.79 Å². The normalized spacial score (nSPS) is 15.1. The van der Waals surface area contributed by atoms with Crippen molar-refractivity contribution in [2.24, 2.45) is 5.73 Å². The largest absolute Gasteiger partial charge is 0.337 e. The van der Waals surface area contributed by atoms with Crippen molar-refractivity contribution < 1.29 is 9.32 Å². The van der Waals surface area contributed by atoms with E-state index in [9.17, 15) is 4.79 Å². The number of carbonyl (C=O) groups excluding carboxylic acids is 1. The number of thioether (sulfide) groups is 1. The molecule has 0 aliphatic carbocycles. The summed E-state index contributed by atoms with van der Waals surface area (Å²) >= 11 is 1.59. The van der Waals surface area contributed by atoms with E-state index in [4.69, 9.17) is 10.3 Å². The molecular weight excluding hydrogens is 276 g/mol.